The molecule has 0 bridgehead atoms. The maximum atomic E-state index is 10.7. The molecule has 0 amide bonds. The van der Waals surface area contributed by atoms with Crippen molar-refractivity contribution in [2.45, 2.75) is 6.92 Å². The molecule has 100 valence electrons. The number of nitro groups is 1. The Bertz CT molecular complexity index is 818. The average molecular weight is 302 g/mol. The zero-order valence-corrected chi connectivity index (χ0v) is 12.2. The van der Waals surface area contributed by atoms with Crippen molar-refractivity contribution < 1.29 is 4.92 Å². The molecule has 3 rings (SSSR count). The van der Waals surface area contributed by atoms with Crippen LogP contribution in [0.3, 0.4) is 0 Å². The largest absolute Gasteiger partial charge is 0.271 e. The third-order valence-corrected chi connectivity index (χ3v) is 4.72. The van der Waals surface area contributed by atoms with Crippen LogP contribution in [-0.2, 0) is 0 Å². The first-order valence-corrected chi connectivity index (χ1v) is 7.54. The van der Waals surface area contributed by atoms with Crippen LogP contribution >= 0.6 is 22.7 Å². The number of nitro benzene ring substituents is 1. The number of aromatic nitrogens is 1. The van der Waals surface area contributed by atoms with Gasteiger partial charge < -0.3 is 0 Å². The van der Waals surface area contributed by atoms with E-state index in [1.165, 1.54) is 33.2 Å². The number of non-ortho nitro benzene ring substituents is 1. The van der Waals surface area contributed by atoms with Gasteiger partial charge in [-0.25, -0.2) is 4.98 Å². The van der Waals surface area contributed by atoms with Gasteiger partial charge >= 0.3 is 0 Å². The number of fused-ring (bicyclic) bond motifs is 1. The zero-order chi connectivity index (χ0) is 14.1. The van der Waals surface area contributed by atoms with Crippen LogP contribution in [0.25, 0.3) is 22.4 Å². The van der Waals surface area contributed by atoms with Gasteiger partial charge in [0.05, 0.1) is 15.1 Å². The van der Waals surface area contributed by atoms with Gasteiger partial charge in [0.25, 0.3) is 5.69 Å². The van der Waals surface area contributed by atoms with E-state index in [1.807, 2.05) is 12.2 Å². The quantitative estimate of drug-likeness (QED) is 0.518. The van der Waals surface area contributed by atoms with Crippen LogP contribution in [-0.4, -0.2) is 9.91 Å². The van der Waals surface area contributed by atoms with Crippen LogP contribution < -0.4 is 0 Å². The number of benzene rings is 1. The third kappa shape index (κ3) is 2.61. The molecule has 0 radical (unpaired) electrons. The van der Waals surface area contributed by atoms with Crippen LogP contribution in [0.2, 0.25) is 0 Å². The Kier molecular flexibility index (Phi) is 3.33. The van der Waals surface area contributed by atoms with Gasteiger partial charge in [0.15, 0.2) is 0 Å². The van der Waals surface area contributed by atoms with Crippen molar-refractivity contribution in [1.29, 1.82) is 0 Å². The Balaban J connectivity index is 1.92. The molecule has 0 saturated heterocycles. The monoisotopic (exact) mass is 302 g/mol. The normalized spacial score (nSPS) is 11.4. The molecule has 0 N–H and O–H groups in total. The summed E-state index contributed by atoms with van der Waals surface area (Å²) in [4.78, 5) is 17.2. The highest BCUT2D eigenvalue weighted by molar-refractivity contribution is 7.19. The van der Waals surface area contributed by atoms with Gasteiger partial charge in [-0.15, -0.1) is 22.7 Å². The molecule has 0 atom stereocenters. The maximum absolute atomic E-state index is 10.7. The molecule has 20 heavy (non-hydrogen) atoms. The molecule has 0 aliphatic heterocycles. The Hall–Kier alpha value is -2.05. The van der Waals surface area contributed by atoms with E-state index in [0.29, 0.717) is 5.52 Å². The minimum atomic E-state index is -0.400. The van der Waals surface area contributed by atoms with Crippen molar-refractivity contribution in [3.63, 3.8) is 0 Å². The molecule has 0 aliphatic carbocycles. The average Bonchev–Trinajstić information content (AvgIpc) is 3.00. The predicted molar refractivity (Wildman–Crippen MR) is 84.3 cm³/mol. The molecule has 0 aliphatic rings. The summed E-state index contributed by atoms with van der Waals surface area (Å²) in [5, 5.41) is 11.6. The van der Waals surface area contributed by atoms with E-state index in [4.69, 9.17) is 0 Å². The number of rotatable bonds is 3. The van der Waals surface area contributed by atoms with Gasteiger partial charge in [0.1, 0.15) is 5.01 Å². The second-order valence-electron chi connectivity index (χ2n) is 4.24. The first-order chi connectivity index (χ1) is 9.61. The molecule has 0 saturated carbocycles. The lowest BCUT2D eigenvalue weighted by Gasteiger charge is -1.89. The van der Waals surface area contributed by atoms with Gasteiger partial charge in [0.2, 0.25) is 0 Å². The lowest BCUT2D eigenvalue weighted by Crippen LogP contribution is -1.86. The van der Waals surface area contributed by atoms with Crippen molar-refractivity contribution in [1.82, 2.24) is 4.98 Å². The van der Waals surface area contributed by atoms with Crippen LogP contribution in [0.4, 0.5) is 5.69 Å². The first kappa shape index (κ1) is 13.0. The summed E-state index contributed by atoms with van der Waals surface area (Å²) < 4.78 is 0.956. The van der Waals surface area contributed by atoms with E-state index in [0.717, 1.165) is 9.71 Å². The van der Waals surface area contributed by atoms with Crippen molar-refractivity contribution in [3.05, 3.63) is 55.2 Å². The summed E-state index contributed by atoms with van der Waals surface area (Å²) in [6.07, 6.45) is 3.96. The van der Waals surface area contributed by atoms with Gasteiger partial charge in [-0.1, -0.05) is 0 Å². The second-order valence-corrected chi connectivity index (χ2v) is 6.62. The lowest BCUT2D eigenvalue weighted by molar-refractivity contribution is -0.384. The molecule has 1 aromatic carbocycles. The van der Waals surface area contributed by atoms with E-state index in [-0.39, 0.29) is 5.69 Å². The fourth-order valence-electron chi connectivity index (χ4n) is 1.81. The maximum Gasteiger partial charge on any atom is 0.271 e. The SMILES string of the molecule is Cc1ccc(C=Cc2nc3cc([N+](=O)[O-])ccc3s2)s1. The number of thiazole rings is 1. The Morgan fingerprint density at radius 1 is 1.20 bits per heavy atom. The molecule has 0 unspecified atom stereocenters. The van der Waals surface area contributed by atoms with Crippen LogP contribution in [0.1, 0.15) is 14.8 Å². The smallest absolute Gasteiger partial charge is 0.258 e. The standard InChI is InChI=1S/C14H10N2O2S2/c1-9-2-4-11(19-9)5-7-14-15-12-8-10(16(17)18)3-6-13(12)20-14/h2-8H,1H3. The number of hydrogen-bond donors (Lipinski definition) is 0. The summed E-state index contributed by atoms with van der Waals surface area (Å²) in [5.41, 5.74) is 0.749. The van der Waals surface area contributed by atoms with Gasteiger partial charge in [-0.2, -0.15) is 0 Å². The molecule has 2 heterocycles. The predicted octanol–water partition coefficient (Wildman–Crippen LogP) is 4.74. The Labute approximate surface area is 123 Å². The van der Waals surface area contributed by atoms with E-state index in [2.05, 4.69) is 24.0 Å². The topological polar surface area (TPSA) is 56.0 Å². The molecule has 0 spiro atoms. The fourth-order valence-corrected chi connectivity index (χ4v) is 3.45. The van der Waals surface area contributed by atoms with Crippen LogP contribution in [0, 0.1) is 17.0 Å². The summed E-state index contributed by atoms with van der Waals surface area (Å²) >= 11 is 3.25. The molecule has 2 aromatic heterocycles. The van der Waals surface area contributed by atoms with Gasteiger partial charge in [0, 0.05) is 21.9 Å². The Morgan fingerprint density at radius 3 is 2.75 bits per heavy atom. The highest BCUT2D eigenvalue weighted by Gasteiger charge is 2.09. The van der Waals surface area contributed by atoms with Gasteiger partial charge in [-0.05, 0) is 37.3 Å². The van der Waals surface area contributed by atoms with E-state index in [1.54, 1.807) is 17.4 Å². The van der Waals surface area contributed by atoms with E-state index < -0.39 is 4.92 Å². The van der Waals surface area contributed by atoms with Crippen molar-refractivity contribution in [2.75, 3.05) is 0 Å². The zero-order valence-electron chi connectivity index (χ0n) is 10.6. The van der Waals surface area contributed by atoms with Gasteiger partial charge in [-0.3, -0.25) is 10.1 Å². The fraction of sp³-hybridized carbons (Fsp3) is 0.0714. The summed E-state index contributed by atoms with van der Waals surface area (Å²) in [6.45, 7) is 2.07. The molecule has 6 heteroatoms. The third-order valence-electron chi connectivity index (χ3n) is 2.75. The second kappa shape index (κ2) is 5.15. The first-order valence-electron chi connectivity index (χ1n) is 5.91. The number of nitrogens with zero attached hydrogens (tertiary/aromatic N) is 2. The molecular weight excluding hydrogens is 292 g/mol. The highest BCUT2D eigenvalue weighted by atomic mass is 32.1. The summed E-state index contributed by atoms with van der Waals surface area (Å²) in [6, 6.07) is 8.91. The van der Waals surface area contributed by atoms with E-state index >= 15 is 0 Å². The van der Waals surface area contributed by atoms with Crippen molar-refractivity contribution in [2.24, 2.45) is 0 Å². The minimum absolute atomic E-state index is 0.0761. The van der Waals surface area contributed by atoms with Crippen molar-refractivity contribution >= 4 is 50.7 Å². The molecular formula is C14H10N2O2S2. The molecule has 3 aromatic rings. The van der Waals surface area contributed by atoms with Crippen LogP contribution in [0.5, 0.6) is 0 Å². The molecule has 4 nitrogen and oxygen atoms in total. The lowest BCUT2D eigenvalue weighted by atomic mass is 10.3. The van der Waals surface area contributed by atoms with Crippen molar-refractivity contribution in [3.8, 4) is 0 Å². The summed E-state index contributed by atoms with van der Waals surface area (Å²) in [5.74, 6) is 0. The number of hydrogen-bond acceptors (Lipinski definition) is 5. The Morgan fingerprint density at radius 2 is 2.05 bits per heavy atom. The number of aryl methyl sites for hydroxylation is 1. The van der Waals surface area contributed by atoms with E-state index in [9.17, 15) is 10.1 Å². The minimum Gasteiger partial charge on any atom is -0.258 e. The van der Waals surface area contributed by atoms with Crippen LogP contribution in [0.15, 0.2) is 30.3 Å². The number of thiophene rings is 1. The highest BCUT2D eigenvalue weighted by Crippen LogP contribution is 2.27. The summed E-state index contributed by atoms with van der Waals surface area (Å²) in [7, 11) is 0. The molecule has 0 fully saturated rings.